The van der Waals surface area contributed by atoms with Gasteiger partial charge in [0.15, 0.2) is 0 Å². The largest absolute Gasteiger partial charge is 0.302 e. The summed E-state index contributed by atoms with van der Waals surface area (Å²) in [6.07, 6.45) is 0.855. The number of rotatable bonds is 3. The first kappa shape index (κ1) is 8.54. The van der Waals surface area contributed by atoms with Gasteiger partial charge >= 0.3 is 0 Å². The van der Waals surface area contributed by atoms with Gasteiger partial charge in [0.1, 0.15) is 0 Å². The molecule has 0 aliphatic heterocycles. The molecule has 0 aromatic carbocycles. The minimum absolute atomic E-state index is 0.0922. The molecular formula is C3H6FNO3S. The van der Waals surface area contributed by atoms with Gasteiger partial charge in [-0.2, -0.15) is 0 Å². The number of sulfonamides is 1. The maximum Gasteiger partial charge on any atom is 0.236 e. The second-order valence-corrected chi connectivity index (χ2v) is 2.98. The highest BCUT2D eigenvalue weighted by Crippen LogP contribution is 1.82. The number of halogens is 1. The van der Waals surface area contributed by atoms with E-state index >= 15 is 0 Å². The maximum absolute atomic E-state index is 11.1. The van der Waals surface area contributed by atoms with Crippen LogP contribution >= 0.6 is 0 Å². The summed E-state index contributed by atoms with van der Waals surface area (Å²) < 4.78 is 31.5. The molecule has 0 heterocycles. The molecule has 0 amide bonds. The topological polar surface area (TPSA) is 66.4 Å². The van der Waals surface area contributed by atoms with Crippen LogP contribution in [0.1, 0.15) is 0 Å². The smallest absolute Gasteiger partial charge is 0.236 e. The van der Waals surface area contributed by atoms with Gasteiger partial charge in [0.2, 0.25) is 10.0 Å². The Hall–Kier alpha value is -0.460. The minimum atomic E-state index is -3.70. The highest BCUT2D eigenvalue weighted by Gasteiger charge is 2.02. The summed E-state index contributed by atoms with van der Waals surface area (Å²) in [5, 5.41) is 7.83. The average Bonchev–Trinajstić information content (AvgIpc) is 1.84. The van der Waals surface area contributed by atoms with Crippen LogP contribution in [0.25, 0.3) is 0 Å². The predicted octanol–water partition coefficient (Wildman–Crippen LogP) is -0.222. The zero-order chi connectivity index (χ0) is 7.33. The Labute approximate surface area is 52.0 Å². The van der Waals surface area contributed by atoms with Gasteiger partial charge in [-0.3, -0.25) is 0 Å². The summed E-state index contributed by atoms with van der Waals surface area (Å²) in [6.45, 7) is 0. The van der Waals surface area contributed by atoms with E-state index in [1.165, 1.54) is 0 Å². The normalized spacial score (nSPS) is 12.7. The molecule has 0 fully saturated rings. The highest BCUT2D eigenvalue weighted by molar-refractivity contribution is 7.89. The zero-order valence-electron chi connectivity index (χ0n) is 4.41. The van der Waals surface area contributed by atoms with E-state index in [1.807, 2.05) is 0 Å². The minimum Gasteiger partial charge on any atom is -0.302 e. The molecule has 0 rings (SSSR count). The van der Waals surface area contributed by atoms with Crippen LogP contribution in [0.5, 0.6) is 0 Å². The van der Waals surface area contributed by atoms with Gasteiger partial charge in [-0.1, -0.05) is 4.89 Å². The van der Waals surface area contributed by atoms with Gasteiger partial charge in [-0.25, -0.2) is 12.8 Å². The second-order valence-electron chi connectivity index (χ2n) is 1.23. The third kappa shape index (κ3) is 4.07. The van der Waals surface area contributed by atoms with Gasteiger partial charge in [0, 0.05) is 0 Å². The van der Waals surface area contributed by atoms with E-state index in [0.29, 0.717) is 0 Å². The Kier molecular flexibility index (Phi) is 3.36. The van der Waals surface area contributed by atoms with E-state index in [-0.39, 0.29) is 6.33 Å². The first-order valence-corrected chi connectivity index (χ1v) is 3.66. The van der Waals surface area contributed by atoms with Crippen LogP contribution in [0, 0.1) is 0 Å². The van der Waals surface area contributed by atoms with Gasteiger partial charge in [0.05, 0.1) is 12.1 Å². The standard InChI is InChI=1S/C3H6FNO3S/c4-2-1-3-9(7,8)5-6/h1-2,5-6H,3H2. The van der Waals surface area contributed by atoms with Crippen LogP contribution < -0.4 is 4.89 Å². The van der Waals surface area contributed by atoms with Crippen molar-refractivity contribution in [3.8, 4) is 0 Å². The quantitative estimate of drug-likeness (QED) is 0.553. The maximum atomic E-state index is 11.1. The molecule has 0 aromatic heterocycles. The van der Waals surface area contributed by atoms with Crippen molar-refractivity contribution >= 4 is 10.0 Å². The van der Waals surface area contributed by atoms with Gasteiger partial charge < -0.3 is 5.21 Å². The third-order valence-electron chi connectivity index (χ3n) is 0.544. The van der Waals surface area contributed by atoms with Crippen LogP contribution in [0.4, 0.5) is 4.39 Å². The molecule has 9 heavy (non-hydrogen) atoms. The average molecular weight is 155 g/mol. The molecule has 4 nitrogen and oxygen atoms in total. The summed E-state index contributed by atoms with van der Waals surface area (Å²) in [7, 11) is -3.70. The SMILES string of the molecule is O=S(=O)(CC=CF)NO. The molecule has 54 valence electrons. The molecule has 0 bridgehead atoms. The summed E-state index contributed by atoms with van der Waals surface area (Å²) in [5.41, 5.74) is 0. The molecule has 2 N–H and O–H groups in total. The first-order chi connectivity index (χ1) is 4.12. The molecule has 0 aliphatic carbocycles. The van der Waals surface area contributed by atoms with Crippen molar-refractivity contribution in [1.82, 2.24) is 4.89 Å². The number of hydrogen-bond donors (Lipinski definition) is 2. The molecular weight excluding hydrogens is 149 g/mol. The Morgan fingerprint density at radius 3 is 2.56 bits per heavy atom. The van der Waals surface area contributed by atoms with E-state index in [1.54, 1.807) is 0 Å². The van der Waals surface area contributed by atoms with Crippen LogP contribution in [-0.2, 0) is 10.0 Å². The summed E-state index contributed by atoms with van der Waals surface area (Å²) in [6, 6.07) is 0. The van der Waals surface area contributed by atoms with Gasteiger partial charge in [-0.15, -0.1) is 0 Å². The molecule has 0 spiro atoms. The lowest BCUT2D eigenvalue weighted by Crippen LogP contribution is -2.21. The van der Waals surface area contributed by atoms with E-state index in [2.05, 4.69) is 0 Å². The lowest BCUT2D eigenvalue weighted by Gasteiger charge is -1.92. The Balaban J connectivity index is 3.90. The van der Waals surface area contributed by atoms with Crippen molar-refractivity contribution in [3.05, 3.63) is 12.4 Å². The lowest BCUT2D eigenvalue weighted by molar-refractivity contribution is 0.243. The van der Waals surface area contributed by atoms with Crippen molar-refractivity contribution < 1.29 is 18.0 Å². The van der Waals surface area contributed by atoms with Gasteiger partial charge in [0.25, 0.3) is 0 Å². The Morgan fingerprint density at radius 1 is 1.67 bits per heavy atom. The lowest BCUT2D eigenvalue weighted by atomic mass is 10.7. The third-order valence-corrected chi connectivity index (χ3v) is 1.45. The molecule has 0 saturated carbocycles. The molecule has 0 radical (unpaired) electrons. The van der Waals surface area contributed by atoms with Crippen molar-refractivity contribution in [3.63, 3.8) is 0 Å². The van der Waals surface area contributed by atoms with E-state index in [0.717, 1.165) is 11.0 Å². The van der Waals surface area contributed by atoms with Gasteiger partial charge in [-0.05, 0) is 6.08 Å². The molecule has 0 atom stereocenters. The van der Waals surface area contributed by atoms with Crippen LogP contribution in [0.2, 0.25) is 0 Å². The fourth-order valence-electron chi connectivity index (χ4n) is 0.200. The van der Waals surface area contributed by atoms with Crippen molar-refractivity contribution in [2.45, 2.75) is 0 Å². The number of hydrogen-bond acceptors (Lipinski definition) is 3. The van der Waals surface area contributed by atoms with Crippen LogP contribution in [-0.4, -0.2) is 19.4 Å². The summed E-state index contributed by atoms with van der Waals surface area (Å²) in [4.78, 5) is 1.03. The summed E-state index contributed by atoms with van der Waals surface area (Å²) in [5.74, 6) is -0.556. The first-order valence-electron chi connectivity index (χ1n) is 2.01. The zero-order valence-corrected chi connectivity index (χ0v) is 5.23. The van der Waals surface area contributed by atoms with Crippen molar-refractivity contribution in [1.29, 1.82) is 0 Å². The molecule has 0 unspecified atom stereocenters. The molecule has 0 aromatic rings. The van der Waals surface area contributed by atoms with E-state index in [4.69, 9.17) is 5.21 Å². The van der Waals surface area contributed by atoms with Crippen LogP contribution in [0.15, 0.2) is 12.4 Å². The fourth-order valence-corrected chi connectivity index (χ4v) is 0.601. The molecule has 0 aliphatic rings. The van der Waals surface area contributed by atoms with Crippen molar-refractivity contribution in [2.24, 2.45) is 0 Å². The van der Waals surface area contributed by atoms with Crippen LogP contribution in [0.3, 0.4) is 0 Å². The fraction of sp³-hybridized carbons (Fsp3) is 0.333. The molecule has 6 heteroatoms. The second kappa shape index (κ2) is 3.54. The molecule has 0 saturated heterocycles. The summed E-state index contributed by atoms with van der Waals surface area (Å²) >= 11 is 0. The van der Waals surface area contributed by atoms with Crippen molar-refractivity contribution in [2.75, 3.05) is 5.75 Å². The van der Waals surface area contributed by atoms with E-state index < -0.39 is 15.8 Å². The Bertz CT molecular complexity index is 185. The number of nitrogens with one attached hydrogen (secondary N) is 1. The Morgan fingerprint density at radius 2 is 2.22 bits per heavy atom. The predicted molar refractivity (Wildman–Crippen MR) is 29.0 cm³/mol. The van der Waals surface area contributed by atoms with E-state index in [9.17, 15) is 12.8 Å². The monoisotopic (exact) mass is 155 g/mol. The highest BCUT2D eigenvalue weighted by atomic mass is 32.2.